The van der Waals surface area contributed by atoms with Gasteiger partial charge in [0.05, 0.1) is 7.11 Å². The molecule has 1 N–H and O–H groups in total. The molecule has 0 aliphatic rings. The molecule has 26 heavy (non-hydrogen) atoms. The number of carbonyl (C=O) groups is 1. The van der Waals surface area contributed by atoms with Crippen molar-refractivity contribution in [3.05, 3.63) is 95.8 Å². The van der Waals surface area contributed by atoms with Gasteiger partial charge in [-0.05, 0) is 47.5 Å². The van der Waals surface area contributed by atoms with Gasteiger partial charge >= 0.3 is 0 Å². The van der Waals surface area contributed by atoms with Gasteiger partial charge in [-0.1, -0.05) is 48.5 Å². The molecule has 3 rings (SSSR count). The SMILES string of the molecule is COc1ccc(/C=C(/C(=O)Nc2cccc(F)c2)c2ccccc2)cc1. The van der Waals surface area contributed by atoms with Crippen molar-refractivity contribution in [2.45, 2.75) is 0 Å². The molecule has 0 aromatic heterocycles. The zero-order valence-corrected chi connectivity index (χ0v) is 14.3. The van der Waals surface area contributed by atoms with E-state index in [9.17, 15) is 9.18 Å². The van der Waals surface area contributed by atoms with Crippen LogP contribution in [0.4, 0.5) is 10.1 Å². The number of rotatable bonds is 5. The lowest BCUT2D eigenvalue weighted by Gasteiger charge is -2.10. The van der Waals surface area contributed by atoms with Crippen molar-refractivity contribution in [2.24, 2.45) is 0 Å². The van der Waals surface area contributed by atoms with E-state index in [1.165, 1.54) is 12.1 Å². The lowest BCUT2D eigenvalue weighted by Crippen LogP contribution is -2.13. The summed E-state index contributed by atoms with van der Waals surface area (Å²) in [4.78, 5) is 12.8. The van der Waals surface area contributed by atoms with Crippen LogP contribution in [0.5, 0.6) is 5.75 Å². The van der Waals surface area contributed by atoms with Crippen LogP contribution in [0.1, 0.15) is 11.1 Å². The lowest BCUT2D eigenvalue weighted by atomic mass is 10.0. The number of hydrogen-bond donors (Lipinski definition) is 1. The summed E-state index contributed by atoms with van der Waals surface area (Å²) in [5.74, 6) is 0.0356. The number of benzene rings is 3. The predicted octanol–water partition coefficient (Wildman–Crippen LogP) is 5.01. The Kier molecular flexibility index (Phi) is 5.44. The summed E-state index contributed by atoms with van der Waals surface area (Å²) in [5, 5.41) is 2.75. The van der Waals surface area contributed by atoms with Gasteiger partial charge < -0.3 is 10.1 Å². The zero-order chi connectivity index (χ0) is 18.4. The molecule has 0 saturated heterocycles. The monoisotopic (exact) mass is 347 g/mol. The number of hydrogen-bond acceptors (Lipinski definition) is 2. The van der Waals surface area contributed by atoms with Crippen molar-refractivity contribution in [3.8, 4) is 5.75 Å². The Morgan fingerprint density at radius 3 is 2.35 bits per heavy atom. The van der Waals surface area contributed by atoms with Crippen molar-refractivity contribution in [1.29, 1.82) is 0 Å². The summed E-state index contributed by atoms with van der Waals surface area (Å²) in [6.07, 6.45) is 1.80. The van der Waals surface area contributed by atoms with Crippen molar-refractivity contribution < 1.29 is 13.9 Å². The fourth-order valence-corrected chi connectivity index (χ4v) is 2.53. The van der Waals surface area contributed by atoms with Crippen LogP contribution in [-0.4, -0.2) is 13.0 Å². The predicted molar refractivity (Wildman–Crippen MR) is 102 cm³/mol. The van der Waals surface area contributed by atoms with Crippen LogP contribution in [0.3, 0.4) is 0 Å². The average molecular weight is 347 g/mol. The normalized spacial score (nSPS) is 11.1. The summed E-state index contributed by atoms with van der Waals surface area (Å²) in [6.45, 7) is 0. The van der Waals surface area contributed by atoms with E-state index in [1.54, 1.807) is 25.3 Å². The second-order valence-corrected chi connectivity index (χ2v) is 5.66. The summed E-state index contributed by atoms with van der Waals surface area (Å²) in [5.41, 5.74) is 2.53. The van der Waals surface area contributed by atoms with Gasteiger partial charge in [-0.15, -0.1) is 0 Å². The maximum Gasteiger partial charge on any atom is 0.256 e. The molecule has 0 saturated carbocycles. The summed E-state index contributed by atoms with van der Waals surface area (Å²) in [6, 6.07) is 22.6. The third-order valence-corrected chi connectivity index (χ3v) is 3.84. The Balaban J connectivity index is 1.95. The van der Waals surface area contributed by atoms with Gasteiger partial charge in [0.2, 0.25) is 0 Å². The number of halogens is 1. The van der Waals surface area contributed by atoms with Gasteiger partial charge in [0.15, 0.2) is 0 Å². The lowest BCUT2D eigenvalue weighted by molar-refractivity contribution is -0.111. The van der Waals surface area contributed by atoms with Gasteiger partial charge in [0.1, 0.15) is 11.6 Å². The minimum Gasteiger partial charge on any atom is -0.497 e. The van der Waals surface area contributed by atoms with Crippen LogP contribution in [-0.2, 0) is 4.79 Å². The van der Waals surface area contributed by atoms with E-state index in [0.29, 0.717) is 11.3 Å². The smallest absolute Gasteiger partial charge is 0.256 e. The van der Waals surface area contributed by atoms with E-state index in [2.05, 4.69) is 5.32 Å². The molecule has 0 radical (unpaired) electrons. The molecule has 0 bridgehead atoms. The molecule has 3 aromatic carbocycles. The molecule has 1 amide bonds. The molecule has 0 spiro atoms. The topological polar surface area (TPSA) is 38.3 Å². The molecule has 0 aliphatic heterocycles. The van der Waals surface area contributed by atoms with Crippen molar-refractivity contribution in [1.82, 2.24) is 0 Å². The molecular weight excluding hydrogens is 329 g/mol. The summed E-state index contributed by atoms with van der Waals surface area (Å²) in [7, 11) is 1.60. The maximum atomic E-state index is 13.4. The van der Waals surface area contributed by atoms with Crippen LogP contribution < -0.4 is 10.1 Å². The largest absolute Gasteiger partial charge is 0.497 e. The third kappa shape index (κ3) is 4.36. The first-order valence-corrected chi connectivity index (χ1v) is 8.14. The molecular formula is C22H18FNO2. The molecule has 0 aliphatic carbocycles. The van der Waals surface area contributed by atoms with E-state index < -0.39 is 5.82 Å². The quantitative estimate of drug-likeness (QED) is 0.520. The van der Waals surface area contributed by atoms with E-state index >= 15 is 0 Å². The molecule has 0 unspecified atom stereocenters. The first-order valence-electron chi connectivity index (χ1n) is 8.14. The average Bonchev–Trinajstić information content (AvgIpc) is 2.67. The first kappa shape index (κ1) is 17.4. The second kappa shape index (κ2) is 8.12. The van der Waals surface area contributed by atoms with Gasteiger partial charge in [0.25, 0.3) is 5.91 Å². The maximum absolute atomic E-state index is 13.4. The highest BCUT2D eigenvalue weighted by Gasteiger charge is 2.13. The molecule has 3 nitrogen and oxygen atoms in total. The molecule has 4 heteroatoms. The Morgan fingerprint density at radius 2 is 1.69 bits per heavy atom. The highest BCUT2D eigenvalue weighted by molar-refractivity contribution is 6.29. The molecule has 0 heterocycles. The Morgan fingerprint density at radius 1 is 0.962 bits per heavy atom. The van der Waals surface area contributed by atoms with Crippen LogP contribution in [0.15, 0.2) is 78.9 Å². The van der Waals surface area contributed by atoms with Crippen molar-refractivity contribution in [3.63, 3.8) is 0 Å². The highest BCUT2D eigenvalue weighted by Crippen LogP contribution is 2.22. The molecule has 3 aromatic rings. The van der Waals surface area contributed by atoms with Gasteiger partial charge in [-0.25, -0.2) is 4.39 Å². The van der Waals surface area contributed by atoms with Crippen LogP contribution >= 0.6 is 0 Å². The third-order valence-electron chi connectivity index (χ3n) is 3.84. The van der Waals surface area contributed by atoms with Crippen molar-refractivity contribution >= 4 is 23.2 Å². The second-order valence-electron chi connectivity index (χ2n) is 5.66. The van der Waals surface area contributed by atoms with Gasteiger partial charge in [-0.2, -0.15) is 0 Å². The van der Waals surface area contributed by atoms with E-state index in [1.807, 2.05) is 54.6 Å². The standard InChI is InChI=1S/C22H18FNO2/c1-26-20-12-10-16(11-13-20)14-21(17-6-3-2-4-7-17)22(25)24-19-9-5-8-18(23)15-19/h2-15H,1H3,(H,24,25)/b21-14+. The Hall–Kier alpha value is -3.40. The fraction of sp³-hybridized carbons (Fsp3) is 0.0455. The number of anilines is 1. The molecule has 0 atom stereocenters. The van der Waals surface area contributed by atoms with Crippen LogP contribution in [0.25, 0.3) is 11.6 Å². The zero-order valence-electron chi connectivity index (χ0n) is 14.3. The van der Waals surface area contributed by atoms with Crippen LogP contribution in [0.2, 0.25) is 0 Å². The van der Waals surface area contributed by atoms with Crippen LogP contribution in [0, 0.1) is 5.82 Å². The first-order chi connectivity index (χ1) is 12.7. The minimum absolute atomic E-state index is 0.308. The molecule has 0 fully saturated rings. The molecule has 130 valence electrons. The van der Waals surface area contributed by atoms with E-state index in [0.717, 1.165) is 16.9 Å². The summed E-state index contributed by atoms with van der Waals surface area (Å²) >= 11 is 0. The Bertz CT molecular complexity index is 918. The number of ether oxygens (including phenoxy) is 1. The van der Waals surface area contributed by atoms with Gasteiger partial charge in [0, 0.05) is 11.3 Å². The van der Waals surface area contributed by atoms with E-state index in [-0.39, 0.29) is 5.91 Å². The minimum atomic E-state index is -0.400. The number of carbonyl (C=O) groups excluding carboxylic acids is 1. The number of nitrogens with one attached hydrogen (secondary N) is 1. The van der Waals surface area contributed by atoms with Crippen molar-refractivity contribution in [2.75, 3.05) is 12.4 Å². The van der Waals surface area contributed by atoms with E-state index in [4.69, 9.17) is 4.74 Å². The number of methoxy groups -OCH3 is 1. The Labute approximate surface area is 151 Å². The fourth-order valence-electron chi connectivity index (χ4n) is 2.53. The highest BCUT2D eigenvalue weighted by atomic mass is 19.1. The summed E-state index contributed by atoms with van der Waals surface area (Å²) < 4.78 is 18.5. The number of amides is 1. The van der Waals surface area contributed by atoms with Gasteiger partial charge in [-0.3, -0.25) is 4.79 Å².